The number of nitrogens with zero attached hydrogens (tertiary/aromatic N) is 1. The van der Waals surface area contributed by atoms with Crippen LogP contribution in [0.25, 0.3) is 0 Å². The average Bonchev–Trinajstić information content (AvgIpc) is 2.48. The normalized spacial score (nSPS) is 16.0. The largest absolute Gasteiger partial charge is 0.496 e. The lowest BCUT2D eigenvalue weighted by Gasteiger charge is -2.38. The van der Waals surface area contributed by atoms with Crippen LogP contribution in [0.2, 0.25) is 5.02 Å². The minimum atomic E-state index is -0.0360. The van der Waals surface area contributed by atoms with Gasteiger partial charge in [-0.15, -0.1) is 12.4 Å². The summed E-state index contributed by atoms with van der Waals surface area (Å²) in [5.74, 6) is 1.09. The van der Waals surface area contributed by atoms with Crippen molar-refractivity contribution in [2.45, 2.75) is 33.6 Å². The molecule has 6 heteroatoms. The molecule has 1 aliphatic rings. The summed E-state index contributed by atoms with van der Waals surface area (Å²) in [7, 11) is 1.53. The van der Waals surface area contributed by atoms with E-state index in [0.717, 1.165) is 25.9 Å². The summed E-state index contributed by atoms with van der Waals surface area (Å²) >= 11 is 6.06. The number of carbonyl (C=O) groups excluding carboxylic acids is 1. The first-order valence-electron chi connectivity index (χ1n) is 7.66. The molecule has 0 aromatic heterocycles. The van der Waals surface area contributed by atoms with Crippen LogP contribution in [0.3, 0.4) is 0 Å². The highest BCUT2D eigenvalue weighted by molar-refractivity contribution is 6.33. The predicted molar refractivity (Wildman–Crippen MR) is 97.7 cm³/mol. The van der Waals surface area contributed by atoms with E-state index in [4.69, 9.17) is 22.1 Å². The molecule has 2 rings (SSSR count). The predicted octanol–water partition coefficient (Wildman–Crippen LogP) is 4.25. The van der Waals surface area contributed by atoms with Gasteiger partial charge in [-0.2, -0.15) is 0 Å². The van der Waals surface area contributed by atoms with E-state index in [2.05, 4.69) is 20.8 Å². The number of carbonyl (C=O) groups is 1. The number of hydrogen-bond donors (Lipinski definition) is 1. The average molecular weight is 361 g/mol. The second-order valence-corrected chi connectivity index (χ2v) is 7.41. The maximum absolute atomic E-state index is 12.7. The molecule has 0 unspecified atom stereocenters. The molecule has 0 saturated carbocycles. The lowest BCUT2D eigenvalue weighted by atomic mass is 9.75. The monoisotopic (exact) mass is 360 g/mol. The van der Waals surface area contributed by atoms with E-state index in [1.165, 1.54) is 7.11 Å². The van der Waals surface area contributed by atoms with Crippen LogP contribution in [0.15, 0.2) is 12.1 Å². The molecule has 1 heterocycles. The van der Waals surface area contributed by atoms with Crippen LogP contribution in [-0.2, 0) is 0 Å². The van der Waals surface area contributed by atoms with Crippen LogP contribution in [0.5, 0.6) is 5.75 Å². The third-order valence-electron chi connectivity index (χ3n) is 4.56. The van der Waals surface area contributed by atoms with Crippen molar-refractivity contribution in [2.75, 3.05) is 25.9 Å². The van der Waals surface area contributed by atoms with Crippen LogP contribution >= 0.6 is 24.0 Å². The second kappa shape index (κ2) is 7.63. The number of rotatable bonds is 2. The van der Waals surface area contributed by atoms with Crippen molar-refractivity contribution >= 4 is 35.6 Å². The zero-order valence-electron chi connectivity index (χ0n) is 14.2. The maximum atomic E-state index is 12.7. The molecule has 0 bridgehead atoms. The van der Waals surface area contributed by atoms with Gasteiger partial charge in [0.2, 0.25) is 0 Å². The van der Waals surface area contributed by atoms with Crippen LogP contribution in [0.4, 0.5) is 5.69 Å². The maximum Gasteiger partial charge on any atom is 0.257 e. The van der Waals surface area contributed by atoms with Crippen molar-refractivity contribution in [1.82, 2.24) is 4.90 Å². The Morgan fingerprint density at radius 1 is 1.30 bits per heavy atom. The quantitative estimate of drug-likeness (QED) is 0.801. The number of halogens is 2. The smallest absolute Gasteiger partial charge is 0.257 e. The van der Waals surface area contributed by atoms with Crippen molar-refractivity contribution in [3.8, 4) is 5.75 Å². The molecular formula is C17H26Cl2N2O2. The molecule has 2 N–H and O–H groups in total. The van der Waals surface area contributed by atoms with Gasteiger partial charge in [0.15, 0.2) is 0 Å². The first kappa shape index (κ1) is 19.9. The van der Waals surface area contributed by atoms with Crippen LogP contribution in [0.1, 0.15) is 44.0 Å². The van der Waals surface area contributed by atoms with Crippen molar-refractivity contribution in [1.29, 1.82) is 0 Å². The van der Waals surface area contributed by atoms with Crippen LogP contribution in [0, 0.1) is 11.3 Å². The molecule has 130 valence electrons. The van der Waals surface area contributed by atoms with Crippen molar-refractivity contribution in [2.24, 2.45) is 11.3 Å². The van der Waals surface area contributed by atoms with Crippen LogP contribution in [-0.4, -0.2) is 31.0 Å². The van der Waals surface area contributed by atoms with E-state index in [9.17, 15) is 4.79 Å². The Morgan fingerprint density at radius 3 is 2.35 bits per heavy atom. The van der Waals surface area contributed by atoms with E-state index >= 15 is 0 Å². The lowest BCUT2D eigenvalue weighted by molar-refractivity contribution is 0.0605. The van der Waals surface area contributed by atoms with Gasteiger partial charge in [-0.05, 0) is 30.2 Å². The van der Waals surface area contributed by atoms with Gasteiger partial charge in [0.05, 0.1) is 23.4 Å². The van der Waals surface area contributed by atoms with Gasteiger partial charge in [0.25, 0.3) is 5.91 Å². The molecule has 0 radical (unpaired) electrons. The summed E-state index contributed by atoms with van der Waals surface area (Å²) in [5.41, 5.74) is 6.96. The number of ether oxygens (including phenoxy) is 1. The van der Waals surface area contributed by atoms with E-state index in [1.807, 2.05) is 4.90 Å². The molecule has 4 nitrogen and oxygen atoms in total. The highest BCUT2D eigenvalue weighted by Gasteiger charge is 2.31. The number of methoxy groups -OCH3 is 1. The Morgan fingerprint density at radius 2 is 1.87 bits per heavy atom. The number of hydrogen-bond acceptors (Lipinski definition) is 3. The summed E-state index contributed by atoms with van der Waals surface area (Å²) < 4.78 is 5.28. The van der Waals surface area contributed by atoms with Gasteiger partial charge in [-0.1, -0.05) is 32.4 Å². The van der Waals surface area contributed by atoms with Gasteiger partial charge in [0, 0.05) is 19.2 Å². The highest BCUT2D eigenvalue weighted by Crippen LogP contribution is 2.35. The standard InChI is InChI=1S/C17H25ClN2O2.ClH/c1-17(2,3)11-5-7-20(8-6-11)16(21)12-9-13(18)14(19)10-15(12)22-4;/h9-11H,5-8,19H2,1-4H3;1H. The zero-order chi connectivity index (χ0) is 16.5. The minimum absolute atomic E-state index is 0. The topological polar surface area (TPSA) is 55.6 Å². The number of amides is 1. The van der Waals surface area contributed by atoms with E-state index < -0.39 is 0 Å². The summed E-state index contributed by atoms with van der Waals surface area (Å²) in [4.78, 5) is 14.6. The zero-order valence-corrected chi connectivity index (χ0v) is 15.8. The number of piperidine rings is 1. The van der Waals surface area contributed by atoms with Gasteiger partial charge in [-0.25, -0.2) is 0 Å². The molecule has 1 aliphatic heterocycles. The molecule has 1 aromatic carbocycles. The van der Waals surface area contributed by atoms with Crippen molar-refractivity contribution in [3.63, 3.8) is 0 Å². The summed E-state index contributed by atoms with van der Waals surface area (Å²) in [6.07, 6.45) is 2.06. The second-order valence-electron chi connectivity index (χ2n) is 7.01. The molecular weight excluding hydrogens is 335 g/mol. The van der Waals surface area contributed by atoms with Gasteiger partial charge in [-0.3, -0.25) is 4.79 Å². The summed E-state index contributed by atoms with van der Waals surface area (Å²) in [6, 6.07) is 3.21. The number of anilines is 1. The number of benzene rings is 1. The van der Waals surface area contributed by atoms with Crippen LogP contribution < -0.4 is 10.5 Å². The first-order valence-corrected chi connectivity index (χ1v) is 8.04. The Bertz CT molecular complexity index is 562. The van der Waals surface area contributed by atoms with Crippen molar-refractivity contribution < 1.29 is 9.53 Å². The lowest BCUT2D eigenvalue weighted by Crippen LogP contribution is -2.41. The fourth-order valence-electron chi connectivity index (χ4n) is 3.02. The fraction of sp³-hybridized carbons (Fsp3) is 0.588. The Hall–Kier alpha value is -1.13. The molecule has 1 amide bonds. The molecule has 23 heavy (non-hydrogen) atoms. The molecule has 0 spiro atoms. The molecule has 1 fully saturated rings. The number of nitrogen functional groups attached to an aromatic ring is 1. The first-order chi connectivity index (χ1) is 10.2. The van der Waals surface area contributed by atoms with E-state index in [-0.39, 0.29) is 23.7 Å². The van der Waals surface area contributed by atoms with E-state index in [1.54, 1.807) is 12.1 Å². The molecule has 1 aromatic rings. The molecule has 1 saturated heterocycles. The SMILES string of the molecule is COc1cc(N)c(Cl)cc1C(=O)N1CCC(C(C)(C)C)CC1.Cl. The fourth-order valence-corrected chi connectivity index (χ4v) is 3.19. The summed E-state index contributed by atoms with van der Waals surface area (Å²) in [5, 5.41) is 0.383. The van der Waals surface area contributed by atoms with Crippen molar-refractivity contribution in [3.05, 3.63) is 22.7 Å². The Balaban J connectivity index is 0.00000264. The Kier molecular flexibility index (Phi) is 6.60. The minimum Gasteiger partial charge on any atom is -0.496 e. The highest BCUT2D eigenvalue weighted by atomic mass is 35.5. The van der Waals surface area contributed by atoms with E-state index in [0.29, 0.717) is 27.9 Å². The third-order valence-corrected chi connectivity index (χ3v) is 4.88. The molecule has 0 atom stereocenters. The Labute approximate surface area is 149 Å². The third kappa shape index (κ3) is 4.45. The van der Waals surface area contributed by atoms with Gasteiger partial charge in [0.1, 0.15) is 5.75 Å². The number of likely N-dealkylation sites (tertiary alicyclic amines) is 1. The summed E-state index contributed by atoms with van der Waals surface area (Å²) in [6.45, 7) is 8.33. The number of nitrogens with two attached hydrogens (primary N) is 1. The molecule has 0 aliphatic carbocycles. The van der Waals surface area contributed by atoms with Gasteiger partial charge < -0.3 is 15.4 Å². The van der Waals surface area contributed by atoms with Gasteiger partial charge >= 0.3 is 0 Å².